The van der Waals surface area contributed by atoms with Crippen LogP contribution in [0.1, 0.15) is 5.56 Å². The van der Waals surface area contributed by atoms with Crippen molar-refractivity contribution in [2.45, 2.75) is 0 Å². The second-order valence-corrected chi connectivity index (χ2v) is 3.84. The third kappa shape index (κ3) is 2.38. The van der Waals surface area contributed by atoms with Crippen molar-refractivity contribution in [3.8, 4) is 6.07 Å². The van der Waals surface area contributed by atoms with Gasteiger partial charge in [0, 0.05) is 0 Å². The predicted molar refractivity (Wildman–Crippen MR) is 60.6 cm³/mol. The van der Waals surface area contributed by atoms with Crippen LogP contribution in [-0.4, -0.2) is 0 Å². The first-order valence-electron chi connectivity index (χ1n) is 5.35. The Bertz CT molecular complexity index is 737. The zero-order valence-corrected chi connectivity index (χ0v) is 9.95. The molecule has 0 saturated heterocycles. The fraction of sp³-hybridized carbons (Fsp3) is 0. The number of rotatable bonds is 2. The standard InChI is InChI=1S/C13H4F6N2/c14-6-2-1-3-7(5(6)4-20)21-13-11(18)9(16)8(15)10(17)12(13)19/h1-3,21H. The Morgan fingerprint density at radius 3 is 1.86 bits per heavy atom. The fourth-order valence-corrected chi connectivity index (χ4v) is 1.59. The largest absolute Gasteiger partial charge is 0.349 e. The Kier molecular flexibility index (Phi) is 3.76. The van der Waals surface area contributed by atoms with E-state index >= 15 is 0 Å². The van der Waals surface area contributed by atoms with Gasteiger partial charge in [0.2, 0.25) is 5.82 Å². The maximum absolute atomic E-state index is 13.5. The monoisotopic (exact) mass is 302 g/mol. The summed E-state index contributed by atoms with van der Waals surface area (Å²) < 4.78 is 79.2. The lowest BCUT2D eigenvalue weighted by Gasteiger charge is -2.12. The first kappa shape index (κ1) is 14.7. The third-order valence-corrected chi connectivity index (χ3v) is 2.59. The van der Waals surface area contributed by atoms with Crippen LogP contribution in [-0.2, 0) is 0 Å². The lowest BCUT2D eigenvalue weighted by atomic mass is 10.1. The van der Waals surface area contributed by atoms with Crippen LogP contribution in [0, 0.1) is 46.2 Å². The van der Waals surface area contributed by atoms with Crippen LogP contribution in [0.15, 0.2) is 18.2 Å². The number of nitriles is 1. The normalized spacial score (nSPS) is 10.3. The average molecular weight is 302 g/mol. The van der Waals surface area contributed by atoms with Gasteiger partial charge in [-0.25, -0.2) is 26.3 Å². The minimum atomic E-state index is -2.31. The van der Waals surface area contributed by atoms with E-state index in [0.717, 1.165) is 18.2 Å². The molecule has 0 spiro atoms. The van der Waals surface area contributed by atoms with Crippen molar-refractivity contribution < 1.29 is 26.3 Å². The summed E-state index contributed by atoms with van der Waals surface area (Å²) in [7, 11) is 0. The van der Waals surface area contributed by atoms with E-state index in [1.807, 2.05) is 5.32 Å². The maximum Gasteiger partial charge on any atom is 0.200 e. The second-order valence-electron chi connectivity index (χ2n) is 3.84. The van der Waals surface area contributed by atoms with Crippen molar-refractivity contribution in [3.63, 3.8) is 0 Å². The SMILES string of the molecule is N#Cc1c(F)cccc1Nc1c(F)c(F)c(F)c(F)c1F. The van der Waals surface area contributed by atoms with Crippen molar-refractivity contribution in [2.24, 2.45) is 0 Å². The Hall–Kier alpha value is -2.69. The predicted octanol–water partition coefficient (Wildman–Crippen LogP) is 4.14. The molecule has 0 aliphatic carbocycles. The maximum atomic E-state index is 13.5. The van der Waals surface area contributed by atoms with Crippen LogP contribution >= 0.6 is 0 Å². The van der Waals surface area contributed by atoms with E-state index in [4.69, 9.17) is 5.26 Å². The van der Waals surface area contributed by atoms with Crippen molar-refractivity contribution in [1.29, 1.82) is 5.26 Å². The molecule has 0 aliphatic heterocycles. The second kappa shape index (κ2) is 5.36. The van der Waals surface area contributed by atoms with E-state index in [-0.39, 0.29) is 0 Å². The van der Waals surface area contributed by atoms with Gasteiger partial charge in [-0.3, -0.25) is 0 Å². The van der Waals surface area contributed by atoms with Gasteiger partial charge < -0.3 is 5.32 Å². The van der Waals surface area contributed by atoms with Gasteiger partial charge in [-0.2, -0.15) is 5.26 Å². The van der Waals surface area contributed by atoms with Gasteiger partial charge in [0.05, 0.1) is 5.69 Å². The van der Waals surface area contributed by atoms with Crippen molar-refractivity contribution in [3.05, 3.63) is 58.7 Å². The lowest BCUT2D eigenvalue weighted by molar-refractivity contribution is 0.382. The average Bonchev–Trinajstić information content (AvgIpc) is 2.47. The quantitative estimate of drug-likeness (QED) is 0.514. The molecule has 1 N–H and O–H groups in total. The Labute approximate surface area is 114 Å². The van der Waals surface area contributed by atoms with Crippen molar-refractivity contribution in [1.82, 2.24) is 0 Å². The molecule has 0 aromatic heterocycles. The highest BCUT2D eigenvalue weighted by atomic mass is 19.2. The minimum Gasteiger partial charge on any atom is -0.349 e. The summed E-state index contributed by atoms with van der Waals surface area (Å²) in [6.45, 7) is 0. The van der Waals surface area contributed by atoms with Crippen LogP contribution in [0.3, 0.4) is 0 Å². The molecule has 0 unspecified atom stereocenters. The zero-order chi connectivity index (χ0) is 15.7. The smallest absolute Gasteiger partial charge is 0.200 e. The Morgan fingerprint density at radius 1 is 0.810 bits per heavy atom. The van der Waals surface area contributed by atoms with Gasteiger partial charge in [-0.05, 0) is 12.1 Å². The molecular weight excluding hydrogens is 298 g/mol. The Morgan fingerprint density at radius 2 is 1.33 bits per heavy atom. The van der Waals surface area contributed by atoms with Gasteiger partial charge in [-0.15, -0.1) is 0 Å². The highest BCUT2D eigenvalue weighted by Crippen LogP contribution is 2.31. The molecule has 0 aliphatic rings. The Balaban J connectivity index is 2.62. The van der Waals surface area contributed by atoms with Gasteiger partial charge in [-0.1, -0.05) is 6.07 Å². The molecule has 2 rings (SSSR count). The molecule has 2 aromatic rings. The summed E-state index contributed by atoms with van der Waals surface area (Å²) in [6.07, 6.45) is 0. The topological polar surface area (TPSA) is 35.8 Å². The third-order valence-electron chi connectivity index (χ3n) is 2.59. The molecule has 2 aromatic carbocycles. The van der Waals surface area contributed by atoms with Gasteiger partial charge in [0.25, 0.3) is 0 Å². The molecular formula is C13H4F6N2. The molecule has 0 fully saturated rings. The lowest BCUT2D eigenvalue weighted by Crippen LogP contribution is -2.07. The molecule has 108 valence electrons. The summed E-state index contributed by atoms with van der Waals surface area (Å²) in [5, 5.41) is 10.6. The highest BCUT2D eigenvalue weighted by Gasteiger charge is 2.26. The fourth-order valence-electron chi connectivity index (χ4n) is 1.59. The van der Waals surface area contributed by atoms with E-state index in [1.165, 1.54) is 6.07 Å². The van der Waals surface area contributed by atoms with Gasteiger partial charge in [0.1, 0.15) is 23.1 Å². The molecule has 8 heteroatoms. The number of halogens is 6. The van der Waals surface area contributed by atoms with Crippen LogP contribution in [0.2, 0.25) is 0 Å². The molecule has 0 bridgehead atoms. The van der Waals surface area contributed by atoms with E-state index in [0.29, 0.717) is 0 Å². The van der Waals surface area contributed by atoms with Gasteiger partial charge in [0.15, 0.2) is 23.3 Å². The van der Waals surface area contributed by atoms with E-state index in [9.17, 15) is 26.3 Å². The molecule has 0 saturated carbocycles. The summed E-state index contributed by atoms with van der Waals surface area (Å²) in [5.41, 5.74) is -2.42. The summed E-state index contributed by atoms with van der Waals surface area (Å²) in [5.74, 6) is -11.8. The van der Waals surface area contributed by atoms with Crippen LogP contribution in [0.4, 0.5) is 37.7 Å². The van der Waals surface area contributed by atoms with Crippen molar-refractivity contribution >= 4 is 11.4 Å². The van der Waals surface area contributed by atoms with Gasteiger partial charge >= 0.3 is 0 Å². The summed E-state index contributed by atoms with van der Waals surface area (Å²) in [4.78, 5) is 0. The van der Waals surface area contributed by atoms with E-state index < -0.39 is 51.8 Å². The van der Waals surface area contributed by atoms with E-state index in [2.05, 4.69) is 0 Å². The molecule has 2 nitrogen and oxygen atoms in total. The number of anilines is 2. The number of hydrogen-bond donors (Lipinski definition) is 1. The molecule has 0 atom stereocenters. The first-order valence-corrected chi connectivity index (χ1v) is 5.35. The molecule has 0 heterocycles. The molecule has 21 heavy (non-hydrogen) atoms. The highest BCUT2D eigenvalue weighted by molar-refractivity contribution is 5.67. The van der Waals surface area contributed by atoms with Crippen LogP contribution in [0.5, 0.6) is 0 Å². The van der Waals surface area contributed by atoms with Crippen molar-refractivity contribution in [2.75, 3.05) is 5.32 Å². The number of hydrogen-bond acceptors (Lipinski definition) is 2. The summed E-state index contributed by atoms with van der Waals surface area (Å²) in [6, 6.07) is 4.48. The minimum absolute atomic E-state index is 0.430. The summed E-state index contributed by atoms with van der Waals surface area (Å²) >= 11 is 0. The molecule has 0 radical (unpaired) electrons. The number of nitrogens with zero attached hydrogens (tertiary/aromatic N) is 1. The van der Waals surface area contributed by atoms with Crippen LogP contribution < -0.4 is 5.32 Å². The first-order chi connectivity index (χ1) is 9.88. The van der Waals surface area contributed by atoms with Crippen LogP contribution in [0.25, 0.3) is 0 Å². The van der Waals surface area contributed by atoms with E-state index in [1.54, 1.807) is 0 Å². The number of nitrogens with one attached hydrogen (secondary N) is 1. The molecule has 0 amide bonds. The zero-order valence-electron chi connectivity index (χ0n) is 9.95. The number of benzene rings is 2.